The molecule has 2 unspecified atom stereocenters. The van der Waals surface area contributed by atoms with Gasteiger partial charge >= 0.3 is 5.97 Å². The van der Waals surface area contributed by atoms with Gasteiger partial charge in [0.05, 0.1) is 23.2 Å². The molecular formula is C30H40N2O5S. The highest BCUT2D eigenvalue weighted by Gasteiger charge is 2.74. The Morgan fingerprint density at radius 3 is 2.74 bits per heavy atom. The van der Waals surface area contributed by atoms with Crippen LogP contribution in [-0.2, 0) is 19.1 Å². The van der Waals surface area contributed by atoms with Crippen LogP contribution in [0.15, 0.2) is 43.5 Å². The Kier molecular flexibility index (Phi) is 9.04. The summed E-state index contributed by atoms with van der Waals surface area (Å²) in [6, 6.07) is 5.33. The van der Waals surface area contributed by atoms with E-state index >= 15 is 0 Å². The van der Waals surface area contributed by atoms with Gasteiger partial charge in [-0.15, -0.1) is 24.9 Å². The minimum atomic E-state index is -0.688. The van der Waals surface area contributed by atoms with E-state index in [1.54, 1.807) is 33.7 Å². The Morgan fingerprint density at radius 1 is 1.24 bits per heavy atom. The third-order valence-electron chi connectivity index (χ3n) is 8.14. The first-order chi connectivity index (χ1) is 18.3. The first-order valence-corrected chi connectivity index (χ1v) is 14.5. The molecule has 38 heavy (non-hydrogen) atoms. The van der Waals surface area contributed by atoms with E-state index in [2.05, 4.69) is 13.2 Å². The number of fused-ring (bicyclic) bond motifs is 1. The molecule has 0 aromatic heterocycles. The smallest absolute Gasteiger partial charge is 0.310 e. The standard InChI is InChI=1S/C30H40N2O5S/c1-5-7-10-18-37-29(36)24-23-13-14-30(38-23)25(24)27(34)32(16-8-9-17-33)26(30)28(35)31(15-6-2)22-19-20(3)11-12-21(22)4/h5-6,11-12,19,23-26,33H,1-2,7-10,13-18H2,3-4H3/t23-,24+,25-,26?,30?/m0/s1. The number of carbonyl (C=O) groups is 3. The minimum absolute atomic E-state index is 0.0246. The number of aliphatic hydroxyl groups excluding tert-OH is 1. The number of nitrogens with zero attached hydrogens (tertiary/aromatic N) is 2. The van der Waals surface area contributed by atoms with Crippen molar-refractivity contribution < 1.29 is 24.2 Å². The van der Waals surface area contributed by atoms with Crippen LogP contribution in [0.1, 0.15) is 49.7 Å². The molecule has 0 aliphatic carbocycles. The van der Waals surface area contributed by atoms with Crippen molar-refractivity contribution in [2.75, 3.05) is 31.2 Å². The Morgan fingerprint density at radius 2 is 2.03 bits per heavy atom. The zero-order valence-electron chi connectivity index (χ0n) is 22.6. The number of likely N-dealkylation sites (tertiary alicyclic amines) is 1. The minimum Gasteiger partial charge on any atom is -0.465 e. The van der Waals surface area contributed by atoms with Crippen molar-refractivity contribution in [3.63, 3.8) is 0 Å². The zero-order chi connectivity index (χ0) is 27.4. The number of anilines is 1. The third-order valence-corrected chi connectivity index (χ3v) is 10.1. The number of esters is 1. The number of allylic oxidation sites excluding steroid dienone is 1. The van der Waals surface area contributed by atoms with Crippen molar-refractivity contribution in [3.8, 4) is 0 Å². The summed E-state index contributed by atoms with van der Waals surface area (Å²) < 4.78 is 4.97. The van der Waals surface area contributed by atoms with E-state index in [4.69, 9.17) is 4.74 Å². The molecule has 1 aromatic rings. The number of carbonyl (C=O) groups excluding carboxylic acids is 3. The molecule has 5 atom stereocenters. The summed E-state index contributed by atoms with van der Waals surface area (Å²) in [5, 5.41) is 9.36. The SMILES string of the molecule is C=CCCCOC(=O)[C@@H]1[C@@H]2CCC3(S2)C(C(=O)N(CC=C)c2cc(C)ccc2C)N(CCCCO)C(=O)[C@H]13. The van der Waals surface area contributed by atoms with Crippen molar-refractivity contribution in [1.82, 2.24) is 4.90 Å². The number of hydrogen-bond donors (Lipinski definition) is 1. The first kappa shape index (κ1) is 28.4. The van der Waals surface area contributed by atoms with Crippen LogP contribution in [0.3, 0.4) is 0 Å². The lowest BCUT2D eigenvalue weighted by Gasteiger charge is -2.37. The second-order valence-corrected chi connectivity index (χ2v) is 12.2. The number of rotatable bonds is 13. The van der Waals surface area contributed by atoms with Crippen LogP contribution in [0.25, 0.3) is 0 Å². The molecule has 3 saturated heterocycles. The van der Waals surface area contributed by atoms with Gasteiger partial charge in [-0.05, 0) is 69.6 Å². The molecule has 3 aliphatic rings. The van der Waals surface area contributed by atoms with Crippen molar-refractivity contribution in [2.24, 2.45) is 11.8 Å². The van der Waals surface area contributed by atoms with E-state index < -0.39 is 22.6 Å². The van der Waals surface area contributed by atoms with Gasteiger partial charge in [0, 0.05) is 30.6 Å². The summed E-state index contributed by atoms with van der Waals surface area (Å²) in [5.74, 6) is -1.72. The van der Waals surface area contributed by atoms with Gasteiger partial charge in [-0.3, -0.25) is 14.4 Å². The van der Waals surface area contributed by atoms with E-state index in [0.717, 1.165) is 29.7 Å². The van der Waals surface area contributed by atoms with Crippen LogP contribution in [0.2, 0.25) is 0 Å². The van der Waals surface area contributed by atoms with Crippen LogP contribution < -0.4 is 4.90 Å². The summed E-state index contributed by atoms with van der Waals surface area (Å²) in [5.41, 5.74) is 2.83. The highest BCUT2D eigenvalue weighted by atomic mass is 32.2. The van der Waals surface area contributed by atoms with Crippen molar-refractivity contribution in [3.05, 3.63) is 54.6 Å². The molecule has 3 aliphatic heterocycles. The maximum atomic E-state index is 14.5. The largest absolute Gasteiger partial charge is 0.465 e. The Balaban J connectivity index is 1.70. The number of benzene rings is 1. The molecule has 3 heterocycles. The van der Waals surface area contributed by atoms with Gasteiger partial charge in [-0.1, -0.05) is 24.3 Å². The molecule has 1 N–H and O–H groups in total. The highest BCUT2D eigenvalue weighted by Crippen LogP contribution is 2.66. The van der Waals surface area contributed by atoms with Crippen LogP contribution in [0.5, 0.6) is 0 Å². The molecule has 4 rings (SSSR count). The topological polar surface area (TPSA) is 87.2 Å². The Labute approximate surface area is 230 Å². The molecule has 206 valence electrons. The number of aliphatic hydroxyl groups is 1. The molecule has 8 heteroatoms. The van der Waals surface area contributed by atoms with Crippen LogP contribution >= 0.6 is 11.8 Å². The van der Waals surface area contributed by atoms with Crippen LogP contribution in [-0.4, -0.2) is 70.1 Å². The van der Waals surface area contributed by atoms with Crippen molar-refractivity contribution in [2.45, 2.75) is 68.4 Å². The molecule has 1 spiro atoms. The van der Waals surface area contributed by atoms with E-state index in [1.807, 2.05) is 32.0 Å². The number of hydrogen-bond acceptors (Lipinski definition) is 6. The van der Waals surface area contributed by atoms with E-state index in [-0.39, 0.29) is 29.6 Å². The Hall–Kier alpha value is -2.58. The first-order valence-electron chi connectivity index (χ1n) is 13.7. The quantitative estimate of drug-likeness (QED) is 0.229. The fraction of sp³-hybridized carbons (Fsp3) is 0.567. The van der Waals surface area contributed by atoms with Crippen LogP contribution in [0.4, 0.5) is 5.69 Å². The van der Waals surface area contributed by atoms with Gasteiger partial charge in [-0.25, -0.2) is 0 Å². The second kappa shape index (κ2) is 12.1. The number of aryl methyl sites for hydroxylation is 2. The highest BCUT2D eigenvalue weighted by molar-refractivity contribution is 8.02. The van der Waals surface area contributed by atoms with Gasteiger partial charge in [0.25, 0.3) is 5.91 Å². The van der Waals surface area contributed by atoms with Gasteiger partial charge in [0.1, 0.15) is 6.04 Å². The summed E-state index contributed by atoms with van der Waals surface area (Å²) in [6.07, 6.45) is 7.58. The average molecular weight is 541 g/mol. The van der Waals surface area contributed by atoms with E-state index in [9.17, 15) is 19.5 Å². The second-order valence-electron chi connectivity index (χ2n) is 10.6. The van der Waals surface area contributed by atoms with E-state index in [1.165, 1.54) is 0 Å². The lowest BCUT2D eigenvalue weighted by molar-refractivity contribution is -0.154. The Bertz CT molecular complexity index is 1090. The maximum absolute atomic E-state index is 14.5. The lowest BCUT2D eigenvalue weighted by atomic mass is 9.71. The molecule has 0 saturated carbocycles. The van der Waals surface area contributed by atoms with Crippen LogP contribution in [0, 0.1) is 25.7 Å². The molecular weight excluding hydrogens is 500 g/mol. The van der Waals surface area contributed by atoms with Gasteiger partial charge in [0.2, 0.25) is 5.91 Å². The molecule has 3 fully saturated rings. The van der Waals surface area contributed by atoms with Gasteiger partial charge < -0.3 is 19.6 Å². The number of amides is 2. The average Bonchev–Trinajstić information content (AvgIpc) is 3.54. The maximum Gasteiger partial charge on any atom is 0.310 e. The molecule has 0 radical (unpaired) electrons. The molecule has 2 bridgehead atoms. The van der Waals surface area contributed by atoms with Crippen molar-refractivity contribution >= 4 is 35.2 Å². The monoisotopic (exact) mass is 540 g/mol. The molecule has 2 amide bonds. The van der Waals surface area contributed by atoms with Gasteiger partial charge in [-0.2, -0.15) is 0 Å². The van der Waals surface area contributed by atoms with E-state index in [0.29, 0.717) is 45.4 Å². The lowest BCUT2D eigenvalue weighted by Crippen LogP contribution is -2.55. The summed E-state index contributed by atoms with van der Waals surface area (Å²) >= 11 is 1.65. The van der Waals surface area contributed by atoms with Gasteiger partial charge in [0.15, 0.2) is 0 Å². The zero-order valence-corrected chi connectivity index (χ0v) is 23.4. The fourth-order valence-electron chi connectivity index (χ4n) is 6.43. The third kappa shape index (κ3) is 5.05. The normalized spacial score (nSPS) is 27.3. The predicted octanol–water partition coefficient (Wildman–Crippen LogP) is 4.20. The number of ether oxygens (including phenoxy) is 1. The predicted molar refractivity (Wildman–Crippen MR) is 151 cm³/mol. The molecule has 7 nitrogen and oxygen atoms in total. The summed E-state index contributed by atoms with van der Waals surface area (Å²) in [4.78, 5) is 45.3. The summed E-state index contributed by atoms with van der Waals surface area (Å²) in [7, 11) is 0. The fourth-order valence-corrected chi connectivity index (χ4v) is 8.63. The van der Waals surface area contributed by atoms with Crippen molar-refractivity contribution in [1.29, 1.82) is 0 Å². The number of unbranched alkanes of at least 4 members (excludes halogenated alkanes) is 2. The molecule has 1 aromatic carbocycles. The number of thioether (sulfide) groups is 1. The summed E-state index contributed by atoms with van der Waals surface area (Å²) in [6.45, 7) is 12.6.